The maximum Gasteiger partial charge on any atom is 0.360 e. The zero-order valence-electron chi connectivity index (χ0n) is 5.42. The van der Waals surface area contributed by atoms with Crippen LogP contribution < -0.4 is 0 Å². The van der Waals surface area contributed by atoms with E-state index < -0.39 is 8.69 Å². The van der Waals surface area contributed by atoms with Crippen LogP contribution in [0.1, 0.15) is 13.3 Å². The monoisotopic (exact) mass is 146 g/mol. The van der Waals surface area contributed by atoms with Gasteiger partial charge in [0.15, 0.2) is 0 Å². The Morgan fingerprint density at radius 2 is 2.12 bits per heavy atom. The van der Waals surface area contributed by atoms with E-state index in [0.717, 1.165) is 0 Å². The van der Waals surface area contributed by atoms with E-state index in [9.17, 15) is 0 Å². The van der Waals surface area contributed by atoms with Gasteiger partial charge in [-0.1, -0.05) is 13.3 Å². The van der Waals surface area contributed by atoms with Gasteiger partial charge in [-0.05, 0) is 0 Å². The lowest BCUT2D eigenvalue weighted by Gasteiger charge is -1.75. The van der Waals surface area contributed by atoms with Crippen molar-refractivity contribution in [2.75, 3.05) is 0 Å². The third kappa shape index (κ3) is 29.0. The summed E-state index contributed by atoms with van der Waals surface area (Å²) in [7, 11) is -0.833. The number of hydrogen-bond donors (Lipinski definition) is 1. The van der Waals surface area contributed by atoms with Crippen molar-refractivity contribution in [3.05, 3.63) is 0 Å². The lowest BCUT2D eigenvalue weighted by Crippen LogP contribution is -1.73. The second kappa shape index (κ2) is 15.7. The molecule has 1 N–H and O–H groups in total. The molecule has 0 aromatic carbocycles. The van der Waals surface area contributed by atoms with E-state index >= 15 is 0 Å². The Labute approximate surface area is 61.7 Å². The summed E-state index contributed by atoms with van der Waals surface area (Å²) in [6.07, 6.45) is 1.41. The van der Waals surface area contributed by atoms with Gasteiger partial charge in [0.25, 0.3) is 0 Å². The first-order valence-electron chi connectivity index (χ1n) is 2.80. The summed E-state index contributed by atoms with van der Waals surface area (Å²) in [5.74, 6) is 0. The van der Waals surface area contributed by atoms with Crippen LogP contribution in [0.5, 0.6) is 0 Å². The first-order chi connectivity index (χ1) is 3.83. The average Bonchev–Trinajstić information content (AvgIpc) is 1.71. The lowest BCUT2D eigenvalue weighted by atomic mass is 10.6. The highest BCUT2D eigenvalue weighted by Crippen LogP contribution is 1.81. The van der Waals surface area contributed by atoms with E-state index in [1.54, 1.807) is 0 Å². The molecule has 0 bridgehead atoms. The Balaban J connectivity index is 0. The van der Waals surface area contributed by atoms with Crippen molar-refractivity contribution in [2.45, 2.75) is 22.9 Å². The van der Waals surface area contributed by atoms with E-state index in [-0.39, 0.29) is 0 Å². The normalized spacial score (nSPS) is 6.88. The average molecular weight is 146 g/mol. The smallest absolute Gasteiger partial charge is 0.310 e. The van der Waals surface area contributed by atoms with Crippen LogP contribution in [-0.2, 0) is 4.57 Å². The SMILES string of the molecule is CC[CH2][Mg][CH3].O=PO. The molecule has 0 unspecified atom stereocenters. The molecule has 0 aliphatic carbocycles. The zero-order valence-corrected chi connectivity index (χ0v) is 7.73. The van der Waals surface area contributed by atoms with Crippen molar-refractivity contribution < 1.29 is 9.46 Å². The van der Waals surface area contributed by atoms with Gasteiger partial charge in [0.1, 0.15) is 0 Å². The Hall–Kier alpha value is 0.826. The molecule has 0 spiro atoms. The Kier molecular flexibility index (Phi) is 22.7. The molecule has 46 valence electrons. The molecular formula is C4H11MgO2P. The molecule has 4 heteroatoms. The van der Waals surface area contributed by atoms with Crippen LogP contribution in [0.3, 0.4) is 0 Å². The van der Waals surface area contributed by atoms with E-state index in [4.69, 9.17) is 9.46 Å². The van der Waals surface area contributed by atoms with Gasteiger partial charge in [-0.2, -0.15) is 5.05 Å². The summed E-state index contributed by atoms with van der Waals surface area (Å²) >= 11 is 0.414. The summed E-state index contributed by atoms with van der Waals surface area (Å²) in [4.78, 5) is 6.99. The molecule has 0 aromatic rings. The molecule has 0 atom stereocenters. The lowest BCUT2D eigenvalue weighted by molar-refractivity contribution is 0.524. The van der Waals surface area contributed by atoms with Crippen LogP contribution >= 0.6 is 8.69 Å². The first kappa shape index (κ1) is 11.6. The molecule has 0 radical (unpaired) electrons. The van der Waals surface area contributed by atoms with Crippen LogP contribution in [0.2, 0.25) is 9.60 Å². The number of hydrogen-bond acceptors (Lipinski definition) is 1. The molecule has 8 heavy (non-hydrogen) atoms. The molecule has 0 aromatic heterocycles. The van der Waals surface area contributed by atoms with Gasteiger partial charge in [0.05, 0.1) is 0 Å². The second-order valence-electron chi connectivity index (χ2n) is 1.44. The summed E-state index contributed by atoms with van der Waals surface area (Å²) in [6, 6.07) is 0. The minimum Gasteiger partial charge on any atom is -0.310 e. The van der Waals surface area contributed by atoms with E-state index in [1.807, 2.05) is 0 Å². The topological polar surface area (TPSA) is 37.3 Å². The van der Waals surface area contributed by atoms with Gasteiger partial charge in [-0.15, -0.1) is 4.55 Å². The summed E-state index contributed by atoms with van der Waals surface area (Å²) in [6.45, 7) is 2.25. The third-order valence-electron chi connectivity index (χ3n) is 0.707. The van der Waals surface area contributed by atoms with Gasteiger partial charge in [0, 0.05) is 0 Å². The molecule has 0 rings (SSSR count). The minimum absolute atomic E-state index is 0.414. The van der Waals surface area contributed by atoms with Crippen molar-refractivity contribution in [3.8, 4) is 0 Å². The molecule has 0 heterocycles. The predicted molar refractivity (Wildman–Crippen MR) is 36.5 cm³/mol. The van der Waals surface area contributed by atoms with Crippen LogP contribution in [0.4, 0.5) is 0 Å². The van der Waals surface area contributed by atoms with E-state index in [1.165, 1.54) is 11.0 Å². The van der Waals surface area contributed by atoms with Gasteiger partial charge >= 0.3 is 29.1 Å². The Morgan fingerprint density at radius 3 is 2.12 bits per heavy atom. The third-order valence-corrected chi connectivity index (χ3v) is 2.12. The van der Waals surface area contributed by atoms with Gasteiger partial charge in [0.2, 0.25) is 0 Å². The minimum atomic E-state index is -0.833. The van der Waals surface area contributed by atoms with Crippen LogP contribution in [-0.4, -0.2) is 25.3 Å². The van der Waals surface area contributed by atoms with Crippen LogP contribution in [0.15, 0.2) is 0 Å². The maximum atomic E-state index is 8.46. The van der Waals surface area contributed by atoms with E-state index in [2.05, 4.69) is 12.0 Å². The van der Waals surface area contributed by atoms with Crippen molar-refractivity contribution in [1.82, 2.24) is 0 Å². The molecule has 0 saturated heterocycles. The summed E-state index contributed by atoms with van der Waals surface area (Å²) in [5, 5.41) is 2.35. The molecule has 2 nitrogen and oxygen atoms in total. The molecule has 0 aliphatic heterocycles. The van der Waals surface area contributed by atoms with Crippen molar-refractivity contribution >= 4 is 29.1 Å². The van der Waals surface area contributed by atoms with Crippen LogP contribution in [0.25, 0.3) is 0 Å². The molecule has 0 amide bonds. The predicted octanol–water partition coefficient (Wildman–Crippen LogP) is 1.75. The fourth-order valence-electron chi connectivity index (χ4n) is 0.354. The Morgan fingerprint density at radius 1 is 1.75 bits per heavy atom. The largest absolute Gasteiger partial charge is 0.360 e. The first-order valence-corrected chi connectivity index (χ1v) is 5.98. The fourth-order valence-corrected chi connectivity index (χ4v) is 1.06. The molecule has 0 fully saturated rings. The summed E-state index contributed by atoms with van der Waals surface area (Å²) < 4.78 is 9.99. The second-order valence-corrected chi connectivity index (χ2v) is 3.31. The molecule has 0 saturated carbocycles. The van der Waals surface area contributed by atoms with Crippen molar-refractivity contribution in [2.24, 2.45) is 0 Å². The molecule has 0 aliphatic rings. The van der Waals surface area contributed by atoms with Crippen molar-refractivity contribution in [3.63, 3.8) is 0 Å². The fraction of sp³-hybridized carbons (Fsp3) is 1.00. The van der Waals surface area contributed by atoms with Gasteiger partial charge in [-0.25, -0.2) is 4.57 Å². The maximum absolute atomic E-state index is 8.46. The highest BCUT2D eigenvalue weighted by molar-refractivity contribution is 7.16. The van der Waals surface area contributed by atoms with E-state index in [0.29, 0.717) is 20.4 Å². The molecular weight excluding hydrogens is 135 g/mol. The highest BCUT2D eigenvalue weighted by Gasteiger charge is 1.76. The number of rotatable bonds is 2. The van der Waals surface area contributed by atoms with Gasteiger partial charge in [-0.3, -0.25) is 0 Å². The van der Waals surface area contributed by atoms with Gasteiger partial charge < -0.3 is 4.89 Å². The quantitative estimate of drug-likeness (QED) is 0.476. The van der Waals surface area contributed by atoms with Crippen LogP contribution in [0, 0.1) is 0 Å². The Bertz CT molecular complexity index is 41.0. The summed E-state index contributed by atoms with van der Waals surface area (Å²) in [5.41, 5.74) is 0. The standard InChI is InChI=1S/C3H7.CH3.Mg.HO2P/c1-3-2;;;1-3-2/h1,3H2,2H3;1H3;;(H,1,2). The highest BCUT2D eigenvalue weighted by atomic mass is 31.1. The zero-order chi connectivity index (χ0) is 6.83. The van der Waals surface area contributed by atoms with Crippen molar-refractivity contribution in [1.29, 1.82) is 0 Å².